The molecule has 0 saturated carbocycles. The zero-order valence-electron chi connectivity index (χ0n) is 9.47. The third kappa shape index (κ3) is 2.16. The molecule has 0 aliphatic carbocycles. The molecule has 2 rings (SSSR count). The van der Waals surface area contributed by atoms with E-state index < -0.39 is 0 Å². The number of nitrogens with two attached hydrogens (primary N) is 1. The Morgan fingerprint density at radius 1 is 1.44 bits per heavy atom. The summed E-state index contributed by atoms with van der Waals surface area (Å²) in [4.78, 5) is 0. The maximum absolute atomic E-state index is 5.77. The highest BCUT2D eigenvalue weighted by Gasteiger charge is 2.05. The summed E-state index contributed by atoms with van der Waals surface area (Å²) in [6, 6.07) is 7.93. The third-order valence-corrected chi connectivity index (χ3v) is 2.46. The molecule has 2 aromatic rings. The number of aromatic nitrogens is 2. The Labute approximate surface area is 94.6 Å². The van der Waals surface area contributed by atoms with E-state index in [0.29, 0.717) is 12.3 Å². The van der Waals surface area contributed by atoms with Crippen molar-refractivity contribution in [2.24, 2.45) is 7.05 Å². The lowest BCUT2D eigenvalue weighted by atomic mass is 10.2. The second kappa shape index (κ2) is 4.26. The van der Waals surface area contributed by atoms with E-state index in [0.717, 1.165) is 11.4 Å². The van der Waals surface area contributed by atoms with Crippen molar-refractivity contribution in [2.75, 3.05) is 5.73 Å². The molecular formula is C12H15N3O. The van der Waals surface area contributed by atoms with E-state index in [1.165, 1.54) is 5.56 Å². The Morgan fingerprint density at radius 3 is 2.88 bits per heavy atom. The highest BCUT2D eigenvalue weighted by atomic mass is 16.5. The van der Waals surface area contributed by atoms with Gasteiger partial charge in [0.2, 0.25) is 0 Å². The highest BCUT2D eigenvalue weighted by Crippen LogP contribution is 2.16. The van der Waals surface area contributed by atoms with Crippen LogP contribution in [0.25, 0.3) is 0 Å². The first-order valence-electron chi connectivity index (χ1n) is 5.12. The minimum atomic E-state index is 0.436. The first-order valence-corrected chi connectivity index (χ1v) is 5.12. The first kappa shape index (κ1) is 10.5. The molecular weight excluding hydrogens is 202 g/mol. The molecule has 84 valence electrons. The van der Waals surface area contributed by atoms with Crippen LogP contribution in [-0.2, 0) is 13.7 Å². The second-order valence-electron chi connectivity index (χ2n) is 3.78. The lowest BCUT2D eigenvalue weighted by Gasteiger charge is -2.07. The van der Waals surface area contributed by atoms with Gasteiger partial charge < -0.3 is 10.5 Å². The molecule has 0 fully saturated rings. The van der Waals surface area contributed by atoms with Gasteiger partial charge in [-0.25, -0.2) is 0 Å². The smallest absolute Gasteiger partial charge is 0.132 e. The second-order valence-corrected chi connectivity index (χ2v) is 3.78. The zero-order valence-corrected chi connectivity index (χ0v) is 9.47. The third-order valence-electron chi connectivity index (χ3n) is 2.46. The van der Waals surface area contributed by atoms with Gasteiger partial charge in [0, 0.05) is 7.05 Å². The monoisotopic (exact) mass is 217 g/mol. The van der Waals surface area contributed by atoms with E-state index in [4.69, 9.17) is 10.5 Å². The normalized spacial score (nSPS) is 10.4. The van der Waals surface area contributed by atoms with E-state index in [9.17, 15) is 0 Å². The van der Waals surface area contributed by atoms with Crippen molar-refractivity contribution in [1.29, 1.82) is 0 Å². The number of nitrogen functional groups attached to an aromatic ring is 1. The molecule has 0 atom stereocenters. The number of ether oxygens (including phenoxy) is 1. The Balaban J connectivity index is 2.08. The fourth-order valence-electron chi connectivity index (χ4n) is 1.51. The van der Waals surface area contributed by atoms with Crippen molar-refractivity contribution < 1.29 is 4.74 Å². The van der Waals surface area contributed by atoms with Crippen molar-refractivity contribution in [3.63, 3.8) is 0 Å². The quantitative estimate of drug-likeness (QED) is 0.854. The molecule has 0 radical (unpaired) electrons. The molecule has 16 heavy (non-hydrogen) atoms. The fraction of sp³-hybridized carbons (Fsp3) is 0.250. The Morgan fingerprint density at radius 2 is 2.25 bits per heavy atom. The van der Waals surface area contributed by atoms with Crippen LogP contribution in [0.2, 0.25) is 0 Å². The molecule has 4 heteroatoms. The summed E-state index contributed by atoms with van der Waals surface area (Å²) in [6.45, 7) is 2.47. The summed E-state index contributed by atoms with van der Waals surface area (Å²) >= 11 is 0. The van der Waals surface area contributed by atoms with Crippen molar-refractivity contribution in [3.05, 3.63) is 41.7 Å². The zero-order chi connectivity index (χ0) is 11.5. The number of rotatable bonds is 3. The van der Waals surface area contributed by atoms with Crippen LogP contribution >= 0.6 is 0 Å². The summed E-state index contributed by atoms with van der Waals surface area (Å²) < 4.78 is 7.38. The van der Waals surface area contributed by atoms with Crippen LogP contribution in [0.3, 0.4) is 0 Å². The first-order chi connectivity index (χ1) is 7.66. The molecule has 0 amide bonds. The molecule has 1 aromatic carbocycles. The van der Waals surface area contributed by atoms with E-state index in [1.807, 2.05) is 38.2 Å². The van der Waals surface area contributed by atoms with Crippen LogP contribution in [0, 0.1) is 6.92 Å². The largest absolute Gasteiger partial charge is 0.487 e. The number of hydrogen-bond donors (Lipinski definition) is 1. The van der Waals surface area contributed by atoms with Crippen LogP contribution in [0.5, 0.6) is 5.75 Å². The van der Waals surface area contributed by atoms with Gasteiger partial charge in [-0.15, -0.1) is 0 Å². The molecule has 1 heterocycles. The fourth-order valence-corrected chi connectivity index (χ4v) is 1.51. The van der Waals surface area contributed by atoms with Gasteiger partial charge in [0.05, 0.1) is 17.6 Å². The topological polar surface area (TPSA) is 53.1 Å². The summed E-state index contributed by atoms with van der Waals surface area (Å²) in [6.07, 6.45) is 1.63. The van der Waals surface area contributed by atoms with E-state index in [2.05, 4.69) is 5.10 Å². The van der Waals surface area contributed by atoms with Gasteiger partial charge in [-0.3, -0.25) is 4.68 Å². The molecule has 0 aliphatic rings. The molecule has 0 saturated heterocycles. The summed E-state index contributed by atoms with van der Waals surface area (Å²) in [7, 11) is 1.85. The van der Waals surface area contributed by atoms with Crippen molar-refractivity contribution in [2.45, 2.75) is 13.5 Å². The summed E-state index contributed by atoms with van der Waals surface area (Å²) in [5, 5.41) is 4.06. The standard InChI is InChI=1S/C12H15N3O/c1-9-4-3-5-10(6-9)16-8-12-11(13)7-14-15(12)2/h3-7H,8,13H2,1-2H3. The predicted octanol–water partition coefficient (Wildman–Crippen LogP) is 1.89. The number of benzene rings is 1. The number of nitrogens with zero attached hydrogens (tertiary/aromatic N) is 2. The number of hydrogen-bond acceptors (Lipinski definition) is 3. The summed E-state index contributed by atoms with van der Waals surface area (Å²) in [5.74, 6) is 0.848. The molecule has 4 nitrogen and oxygen atoms in total. The minimum Gasteiger partial charge on any atom is -0.487 e. The predicted molar refractivity (Wildman–Crippen MR) is 63.1 cm³/mol. The van der Waals surface area contributed by atoms with Crippen LogP contribution in [0.15, 0.2) is 30.5 Å². The van der Waals surface area contributed by atoms with Gasteiger partial charge >= 0.3 is 0 Å². The van der Waals surface area contributed by atoms with Gasteiger partial charge in [-0.1, -0.05) is 12.1 Å². The maximum atomic E-state index is 5.77. The molecule has 0 spiro atoms. The van der Waals surface area contributed by atoms with Gasteiger partial charge in [0.1, 0.15) is 12.4 Å². The van der Waals surface area contributed by atoms with Gasteiger partial charge in [0.25, 0.3) is 0 Å². The van der Waals surface area contributed by atoms with Crippen molar-refractivity contribution >= 4 is 5.69 Å². The lowest BCUT2D eigenvalue weighted by Crippen LogP contribution is -2.05. The van der Waals surface area contributed by atoms with Gasteiger partial charge in [-0.2, -0.15) is 5.10 Å². The van der Waals surface area contributed by atoms with Gasteiger partial charge in [-0.05, 0) is 24.6 Å². The lowest BCUT2D eigenvalue weighted by molar-refractivity contribution is 0.295. The molecule has 1 aromatic heterocycles. The molecule has 2 N–H and O–H groups in total. The van der Waals surface area contributed by atoms with Crippen LogP contribution in [0.1, 0.15) is 11.3 Å². The van der Waals surface area contributed by atoms with Crippen LogP contribution in [-0.4, -0.2) is 9.78 Å². The maximum Gasteiger partial charge on any atom is 0.132 e. The minimum absolute atomic E-state index is 0.436. The Kier molecular flexibility index (Phi) is 2.81. The highest BCUT2D eigenvalue weighted by molar-refractivity contribution is 5.40. The van der Waals surface area contributed by atoms with Crippen molar-refractivity contribution in [1.82, 2.24) is 9.78 Å². The van der Waals surface area contributed by atoms with Crippen LogP contribution < -0.4 is 10.5 Å². The van der Waals surface area contributed by atoms with E-state index >= 15 is 0 Å². The number of anilines is 1. The average molecular weight is 217 g/mol. The van der Waals surface area contributed by atoms with Gasteiger partial charge in [0.15, 0.2) is 0 Å². The summed E-state index contributed by atoms with van der Waals surface area (Å²) in [5.41, 5.74) is 8.50. The van der Waals surface area contributed by atoms with Crippen LogP contribution in [0.4, 0.5) is 5.69 Å². The Hall–Kier alpha value is -1.97. The SMILES string of the molecule is Cc1cccc(OCc2c(N)cnn2C)c1. The molecule has 0 bridgehead atoms. The average Bonchev–Trinajstić information content (AvgIpc) is 2.56. The van der Waals surface area contributed by atoms with E-state index in [-0.39, 0.29) is 0 Å². The number of aryl methyl sites for hydroxylation is 2. The van der Waals surface area contributed by atoms with E-state index in [1.54, 1.807) is 10.9 Å². The molecule has 0 aliphatic heterocycles. The molecule has 0 unspecified atom stereocenters. The Bertz CT molecular complexity index is 471. The van der Waals surface area contributed by atoms with Crippen molar-refractivity contribution in [3.8, 4) is 5.75 Å².